The molecular weight excluding hydrogens is 373 g/mol. The van der Waals surface area contributed by atoms with Gasteiger partial charge in [-0.2, -0.15) is 5.10 Å². The molecule has 1 unspecified atom stereocenters. The van der Waals surface area contributed by atoms with E-state index in [1.807, 2.05) is 24.3 Å². The molecule has 1 atom stereocenters. The van der Waals surface area contributed by atoms with E-state index < -0.39 is 5.97 Å². The number of carboxylic acids is 1. The number of rotatable bonds is 8. The molecular formula is C22H26FN3O3. The van der Waals surface area contributed by atoms with Crippen molar-refractivity contribution in [2.45, 2.75) is 12.8 Å². The summed E-state index contributed by atoms with van der Waals surface area (Å²) in [5, 5.41) is 13.4. The van der Waals surface area contributed by atoms with Crippen LogP contribution in [0, 0.1) is 11.7 Å². The molecule has 1 fully saturated rings. The van der Waals surface area contributed by atoms with Crippen LogP contribution in [0.3, 0.4) is 0 Å². The van der Waals surface area contributed by atoms with E-state index in [9.17, 15) is 9.18 Å². The van der Waals surface area contributed by atoms with Crippen molar-refractivity contribution >= 4 is 12.2 Å². The van der Waals surface area contributed by atoms with Crippen LogP contribution < -0.4 is 10.2 Å². The number of halogens is 1. The molecule has 0 radical (unpaired) electrons. The van der Waals surface area contributed by atoms with Gasteiger partial charge in [-0.3, -0.25) is 4.79 Å². The van der Waals surface area contributed by atoms with Crippen LogP contribution in [0.25, 0.3) is 11.1 Å². The number of nitrogens with zero attached hydrogens (tertiary/aromatic N) is 2. The average molecular weight is 399 g/mol. The molecule has 2 N–H and O–H groups in total. The monoisotopic (exact) mass is 399 g/mol. The van der Waals surface area contributed by atoms with E-state index in [0.717, 1.165) is 31.5 Å². The van der Waals surface area contributed by atoms with Gasteiger partial charge in [-0.05, 0) is 37.1 Å². The van der Waals surface area contributed by atoms with Gasteiger partial charge in [0.1, 0.15) is 11.6 Å². The van der Waals surface area contributed by atoms with Crippen molar-refractivity contribution in [3.63, 3.8) is 0 Å². The molecule has 0 bridgehead atoms. The first-order valence-electron chi connectivity index (χ1n) is 9.73. The number of aliphatic carboxylic acids is 1. The molecule has 0 aromatic heterocycles. The Morgan fingerprint density at radius 2 is 2.17 bits per heavy atom. The summed E-state index contributed by atoms with van der Waals surface area (Å²) in [6.07, 6.45) is 3.31. The second-order valence-electron chi connectivity index (χ2n) is 7.05. The first-order chi connectivity index (χ1) is 14.1. The van der Waals surface area contributed by atoms with Crippen LogP contribution in [0.15, 0.2) is 47.6 Å². The van der Waals surface area contributed by atoms with E-state index >= 15 is 0 Å². The van der Waals surface area contributed by atoms with Crippen LogP contribution >= 0.6 is 0 Å². The van der Waals surface area contributed by atoms with Crippen molar-refractivity contribution in [3.05, 3.63) is 53.8 Å². The molecule has 6 nitrogen and oxygen atoms in total. The second kappa shape index (κ2) is 10.0. The molecule has 0 aliphatic carbocycles. The minimum absolute atomic E-state index is 0.283. The molecule has 1 heterocycles. The average Bonchev–Trinajstić information content (AvgIpc) is 2.74. The number of carboxylic acid groups (broad SMARTS) is 1. The predicted octanol–water partition coefficient (Wildman–Crippen LogP) is 3.22. The highest BCUT2D eigenvalue weighted by atomic mass is 19.1. The number of methoxy groups -OCH3 is 1. The fourth-order valence-corrected chi connectivity index (χ4v) is 3.62. The highest BCUT2D eigenvalue weighted by Crippen LogP contribution is 2.34. The predicted molar refractivity (Wildman–Crippen MR) is 111 cm³/mol. The third kappa shape index (κ3) is 5.32. The number of ether oxygens (including phenoxy) is 1. The van der Waals surface area contributed by atoms with E-state index in [4.69, 9.17) is 9.84 Å². The van der Waals surface area contributed by atoms with Gasteiger partial charge in [0.2, 0.25) is 0 Å². The molecule has 2 aromatic rings. The van der Waals surface area contributed by atoms with Gasteiger partial charge in [0.25, 0.3) is 0 Å². The highest BCUT2D eigenvalue weighted by Gasteiger charge is 2.24. The molecule has 154 valence electrons. The summed E-state index contributed by atoms with van der Waals surface area (Å²) in [4.78, 5) is 13.3. The third-order valence-corrected chi connectivity index (χ3v) is 5.11. The third-order valence-electron chi connectivity index (χ3n) is 5.11. The Labute approximate surface area is 170 Å². The summed E-state index contributed by atoms with van der Waals surface area (Å²) in [5.41, 5.74) is 4.88. The fourth-order valence-electron chi connectivity index (χ4n) is 3.62. The summed E-state index contributed by atoms with van der Waals surface area (Å²) in [6.45, 7) is 2.82. The van der Waals surface area contributed by atoms with Gasteiger partial charge in [-0.25, -0.2) is 4.39 Å². The topological polar surface area (TPSA) is 74.2 Å². The number of benzene rings is 2. The molecule has 1 aliphatic rings. The number of hydrazone groups is 1. The van der Waals surface area contributed by atoms with Crippen LogP contribution in [0.2, 0.25) is 0 Å². The Morgan fingerprint density at radius 1 is 1.34 bits per heavy atom. The number of piperidine rings is 1. The zero-order valence-corrected chi connectivity index (χ0v) is 16.5. The van der Waals surface area contributed by atoms with Crippen molar-refractivity contribution < 1.29 is 19.0 Å². The number of hydrogen-bond donors (Lipinski definition) is 2. The Hall–Kier alpha value is -2.93. The van der Waals surface area contributed by atoms with Crippen molar-refractivity contribution in [1.29, 1.82) is 0 Å². The van der Waals surface area contributed by atoms with E-state index in [2.05, 4.69) is 15.4 Å². The van der Waals surface area contributed by atoms with Gasteiger partial charge < -0.3 is 20.2 Å². The summed E-state index contributed by atoms with van der Waals surface area (Å²) in [7, 11) is 1.52. The lowest BCUT2D eigenvalue weighted by atomic mass is 9.98. The maximum atomic E-state index is 14.5. The minimum atomic E-state index is -0.721. The van der Waals surface area contributed by atoms with E-state index in [1.54, 1.807) is 18.3 Å². The van der Waals surface area contributed by atoms with Crippen molar-refractivity contribution in [3.8, 4) is 16.9 Å². The van der Waals surface area contributed by atoms with E-state index in [1.165, 1.54) is 13.2 Å². The first-order valence-corrected chi connectivity index (χ1v) is 9.73. The van der Waals surface area contributed by atoms with E-state index in [-0.39, 0.29) is 11.7 Å². The molecule has 0 spiro atoms. The van der Waals surface area contributed by atoms with Crippen LogP contribution in [0.1, 0.15) is 18.4 Å². The van der Waals surface area contributed by atoms with Gasteiger partial charge in [0.15, 0.2) is 0 Å². The summed E-state index contributed by atoms with van der Waals surface area (Å²) < 4.78 is 19.8. The lowest BCUT2D eigenvalue weighted by Crippen LogP contribution is -2.41. The van der Waals surface area contributed by atoms with Gasteiger partial charge in [0.05, 0.1) is 24.8 Å². The summed E-state index contributed by atoms with van der Waals surface area (Å²) in [5.74, 6) is -0.885. The summed E-state index contributed by atoms with van der Waals surface area (Å²) in [6, 6.07) is 12.2. The maximum Gasteiger partial charge on any atom is 0.307 e. The molecule has 7 heteroatoms. The fraction of sp³-hybridized carbons (Fsp3) is 0.364. The molecule has 1 saturated heterocycles. The van der Waals surface area contributed by atoms with Crippen molar-refractivity contribution in [2.75, 3.05) is 33.3 Å². The SMILES string of the molecule is COc1cccc(F)c1-c1ccccc1/C=N/NCCN1CCCC(C(=O)O)C1. The number of carbonyl (C=O) groups is 1. The Balaban J connectivity index is 1.62. The first kappa shape index (κ1) is 20.8. The largest absolute Gasteiger partial charge is 0.496 e. The van der Waals surface area contributed by atoms with Gasteiger partial charge in [-0.1, -0.05) is 30.3 Å². The van der Waals surface area contributed by atoms with Crippen LogP contribution in [-0.4, -0.2) is 55.5 Å². The van der Waals surface area contributed by atoms with Crippen molar-refractivity contribution in [2.24, 2.45) is 11.0 Å². The van der Waals surface area contributed by atoms with Crippen LogP contribution in [0.4, 0.5) is 4.39 Å². The maximum absolute atomic E-state index is 14.5. The lowest BCUT2D eigenvalue weighted by Gasteiger charge is -2.30. The molecule has 2 aromatic carbocycles. The van der Waals surface area contributed by atoms with Gasteiger partial charge in [0, 0.05) is 25.2 Å². The zero-order valence-electron chi connectivity index (χ0n) is 16.5. The number of nitrogens with one attached hydrogen (secondary N) is 1. The quantitative estimate of drug-likeness (QED) is 0.405. The molecule has 3 rings (SSSR count). The van der Waals surface area contributed by atoms with Gasteiger partial charge >= 0.3 is 5.97 Å². The Morgan fingerprint density at radius 3 is 2.97 bits per heavy atom. The van der Waals surface area contributed by atoms with Gasteiger partial charge in [-0.15, -0.1) is 0 Å². The Bertz CT molecular complexity index is 872. The molecule has 1 aliphatic heterocycles. The molecule has 29 heavy (non-hydrogen) atoms. The Kier molecular flexibility index (Phi) is 7.19. The van der Waals surface area contributed by atoms with E-state index in [0.29, 0.717) is 30.0 Å². The zero-order chi connectivity index (χ0) is 20.6. The smallest absolute Gasteiger partial charge is 0.307 e. The molecule has 0 amide bonds. The van der Waals surface area contributed by atoms with Crippen LogP contribution in [0.5, 0.6) is 5.75 Å². The number of hydrogen-bond acceptors (Lipinski definition) is 5. The van der Waals surface area contributed by atoms with Crippen molar-refractivity contribution in [1.82, 2.24) is 10.3 Å². The normalized spacial score (nSPS) is 17.4. The lowest BCUT2D eigenvalue weighted by molar-refractivity contribution is -0.143. The minimum Gasteiger partial charge on any atom is -0.496 e. The summed E-state index contributed by atoms with van der Waals surface area (Å²) >= 11 is 0. The second-order valence-corrected chi connectivity index (χ2v) is 7.05. The highest BCUT2D eigenvalue weighted by molar-refractivity contribution is 5.91. The number of likely N-dealkylation sites (tertiary alicyclic amines) is 1. The van der Waals surface area contributed by atoms with Crippen LogP contribution in [-0.2, 0) is 4.79 Å². The molecule has 0 saturated carbocycles. The standard InChI is InChI=1S/C22H26FN3O3/c1-29-20-10-4-9-19(23)21(20)18-8-3-2-6-16(18)14-25-24-11-13-26-12-5-7-17(15-26)22(27)28/h2-4,6,8-10,14,17,24H,5,7,11-13,15H2,1H3,(H,27,28)/b25-14+.